The lowest BCUT2D eigenvalue weighted by molar-refractivity contribution is -0.464. The second-order valence-corrected chi connectivity index (χ2v) is 13.5. The number of aliphatic hydroxyl groups excluding tert-OH is 12. The summed E-state index contributed by atoms with van der Waals surface area (Å²) in [4.78, 5) is 10.1. The SMILES string of the molecule is CS(=O)(=O)O[C@H]1[C@@H](O[C@H]2[C@H](O)[C@@H](O)[C@@H](O[C@H]3[C@@H]4OOC[C@H]3O[C@H](O[C@@H]([C@H](O)[C@@H](O)CO)[C@H](O)CO)[C@@H]4O)O[C@@H]2CO)O[C@H](CO)[C@@H](O)[C@@H]1O. The van der Waals surface area contributed by atoms with Crippen LogP contribution >= 0.6 is 0 Å². The summed E-state index contributed by atoms with van der Waals surface area (Å²) in [5.74, 6) is 0. The standard InChI is InChI=1S/C25H44O23S/c1-49(38,39)48-22-14(34)13(33)9(4-28)41-25(22)45-19-10(5-29)42-23(16(36)15(19)35)46-20-11-6-40-47-21(20)17(37)24(43-11)44-18(8(31)3-27)12(32)7(30)2-26/h7-37H,2-6H2,1H3/t7-,8+,9+,10+,11+,12+,13+,14-,15+,16+,17+,18+,19+,20+,21+,22+,23+,24+,25+/m0/s1. The van der Waals surface area contributed by atoms with Gasteiger partial charge in [-0.25, -0.2) is 9.78 Å². The first-order valence-electron chi connectivity index (χ1n) is 15.0. The molecule has 4 fully saturated rings. The Bertz CT molecular complexity index is 1130. The van der Waals surface area contributed by atoms with Gasteiger partial charge in [0.1, 0.15) is 92.1 Å². The van der Waals surface area contributed by atoms with Crippen molar-refractivity contribution < 1.29 is 112 Å². The Labute approximate surface area is 278 Å². The molecule has 0 aromatic carbocycles. The first-order valence-corrected chi connectivity index (χ1v) is 16.9. The maximum Gasteiger partial charge on any atom is 0.264 e. The molecule has 0 aliphatic carbocycles. The van der Waals surface area contributed by atoms with Crippen LogP contribution in [0.15, 0.2) is 0 Å². The third-order valence-electron chi connectivity index (χ3n) is 8.32. The van der Waals surface area contributed by atoms with Crippen LogP contribution in [0.4, 0.5) is 0 Å². The molecular weight excluding hydrogens is 700 g/mol. The average molecular weight is 745 g/mol. The third-order valence-corrected chi connectivity index (χ3v) is 8.89. The predicted molar refractivity (Wildman–Crippen MR) is 148 cm³/mol. The summed E-state index contributed by atoms with van der Waals surface area (Å²) in [5, 5.41) is 122. The predicted octanol–water partition coefficient (Wildman–Crippen LogP) is -9.15. The van der Waals surface area contributed by atoms with Gasteiger partial charge in [-0.1, -0.05) is 0 Å². The van der Waals surface area contributed by atoms with Gasteiger partial charge in [0.15, 0.2) is 31.1 Å². The molecule has 23 nitrogen and oxygen atoms in total. The lowest BCUT2D eigenvalue weighted by Crippen LogP contribution is -2.68. The van der Waals surface area contributed by atoms with E-state index in [0.717, 1.165) is 0 Å². The van der Waals surface area contributed by atoms with E-state index in [4.69, 9.17) is 42.4 Å². The summed E-state index contributed by atoms with van der Waals surface area (Å²) in [6.45, 7) is -4.09. The van der Waals surface area contributed by atoms with E-state index in [1.54, 1.807) is 0 Å². The van der Waals surface area contributed by atoms with E-state index in [0.29, 0.717) is 6.26 Å². The molecule has 4 aliphatic rings. The zero-order valence-electron chi connectivity index (χ0n) is 25.8. The fraction of sp³-hybridized carbons (Fsp3) is 1.00. The van der Waals surface area contributed by atoms with Crippen LogP contribution in [-0.4, -0.2) is 226 Å². The summed E-state index contributed by atoms with van der Waals surface area (Å²) in [6, 6.07) is 0. The monoisotopic (exact) mass is 744 g/mol. The van der Waals surface area contributed by atoms with Crippen LogP contribution in [0.1, 0.15) is 0 Å². The highest BCUT2D eigenvalue weighted by Crippen LogP contribution is 2.36. The Morgan fingerprint density at radius 2 is 1.29 bits per heavy atom. The van der Waals surface area contributed by atoms with Crippen LogP contribution in [0, 0.1) is 0 Å². The molecule has 4 heterocycles. The fourth-order valence-corrected chi connectivity index (χ4v) is 6.31. The Hall–Kier alpha value is -0.890. The summed E-state index contributed by atoms with van der Waals surface area (Å²) >= 11 is 0. The first-order chi connectivity index (χ1) is 23.1. The largest absolute Gasteiger partial charge is 0.394 e. The number of fused-ring (bicyclic) bond motifs is 2. The Balaban J connectivity index is 1.48. The molecular formula is C25H44O23S. The zero-order valence-corrected chi connectivity index (χ0v) is 26.6. The Kier molecular flexibility index (Phi) is 14.4. The van der Waals surface area contributed by atoms with E-state index in [2.05, 4.69) is 0 Å². The molecule has 0 spiro atoms. The minimum absolute atomic E-state index is 0.399. The van der Waals surface area contributed by atoms with Gasteiger partial charge in [0.2, 0.25) is 0 Å². The number of ether oxygens (including phenoxy) is 6. The molecule has 0 unspecified atom stereocenters. The van der Waals surface area contributed by atoms with Gasteiger partial charge in [0.25, 0.3) is 10.1 Å². The van der Waals surface area contributed by atoms with Crippen molar-refractivity contribution in [3.8, 4) is 0 Å². The fourth-order valence-electron chi connectivity index (χ4n) is 5.70. The highest BCUT2D eigenvalue weighted by Gasteiger charge is 2.57. The van der Waals surface area contributed by atoms with E-state index in [1.165, 1.54) is 0 Å². The maximum absolute atomic E-state index is 11.8. The van der Waals surface area contributed by atoms with Gasteiger partial charge < -0.3 is 89.7 Å². The van der Waals surface area contributed by atoms with Crippen molar-refractivity contribution >= 4 is 10.1 Å². The molecule has 0 aromatic heterocycles. The van der Waals surface area contributed by atoms with Crippen LogP contribution in [0.2, 0.25) is 0 Å². The van der Waals surface area contributed by atoms with Crippen molar-refractivity contribution in [2.24, 2.45) is 0 Å². The van der Waals surface area contributed by atoms with Crippen LogP contribution < -0.4 is 0 Å². The lowest BCUT2D eigenvalue weighted by Gasteiger charge is -2.50. The topological polar surface area (TPSA) is 360 Å². The van der Waals surface area contributed by atoms with Crippen molar-refractivity contribution in [3.63, 3.8) is 0 Å². The second-order valence-electron chi connectivity index (χ2n) is 11.8. The Morgan fingerprint density at radius 3 is 1.88 bits per heavy atom. The minimum Gasteiger partial charge on any atom is -0.394 e. The molecule has 4 aliphatic heterocycles. The molecule has 0 aromatic rings. The molecule has 49 heavy (non-hydrogen) atoms. The maximum atomic E-state index is 11.8. The van der Waals surface area contributed by atoms with Crippen molar-refractivity contribution in [2.45, 2.75) is 117 Å². The molecule has 4 saturated heterocycles. The van der Waals surface area contributed by atoms with Crippen molar-refractivity contribution in [1.29, 1.82) is 0 Å². The highest BCUT2D eigenvalue weighted by molar-refractivity contribution is 7.86. The summed E-state index contributed by atoms with van der Waals surface area (Å²) in [5.41, 5.74) is 0. The average Bonchev–Trinajstić information content (AvgIpc) is 3.07. The molecule has 0 radical (unpaired) electrons. The molecule has 24 heteroatoms. The zero-order chi connectivity index (χ0) is 36.4. The van der Waals surface area contributed by atoms with Gasteiger partial charge in [-0.15, -0.1) is 0 Å². The van der Waals surface area contributed by atoms with Gasteiger partial charge >= 0.3 is 0 Å². The number of aliphatic hydroxyl groups is 12. The van der Waals surface area contributed by atoms with Crippen LogP contribution in [-0.2, 0) is 52.5 Å². The van der Waals surface area contributed by atoms with Gasteiger partial charge in [0.05, 0.1) is 32.7 Å². The molecule has 2 bridgehead atoms. The van der Waals surface area contributed by atoms with E-state index < -0.39 is 160 Å². The molecule has 4 rings (SSSR count). The Morgan fingerprint density at radius 1 is 0.694 bits per heavy atom. The number of rotatable bonds is 15. The van der Waals surface area contributed by atoms with Gasteiger partial charge in [-0.3, -0.25) is 4.18 Å². The first kappa shape index (κ1) is 40.9. The quantitative estimate of drug-likeness (QED) is 0.0547. The third kappa shape index (κ3) is 9.19. The van der Waals surface area contributed by atoms with Crippen LogP contribution in [0.25, 0.3) is 0 Å². The molecule has 0 amide bonds. The van der Waals surface area contributed by atoms with E-state index >= 15 is 0 Å². The summed E-state index contributed by atoms with van der Waals surface area (Å²) in [6.07, 6.45) is -32.7. The van der Waals surface area contributed by atoms with Crippen molar-refractivity contribution in [3.05, 3.63) is 0 Å². The molecule has 12 N–H and O–H groups in total. The van der Waals surface area contributed by atoms with Crippen LogP contribution in [0.5, 0.6) is 0 Å². The molecule has 19 atom stereocenters. The van der Waals surface area contributed by atoms with Crippen LogP contribution in [0.3, 0.4) is 0 Å². The lowest BCUT2D eigenvalue weighted by atomic mass is 9.95. The van der Waals surface area contributed by atoms with E-state index in [9.17, 15) is 69.7 Å². The smallest absolute Gasteiger partial charge is 0.264 e. The number of hydrogen-bond donors (Lipinski definition) is 12. The minimum atomic E-state index is -4.31. The van der Waals surface area contributed by atoms with Crippen molar-refractivity contribution in [2.75, 3.05) is 39.3 Å². The summed E-state index contributed by atoms with van der Waals surface area (Å²) < 4.78 is 62.1. The second kappa shape index (κ2) is 17.3. The highest BCUT2D eigenvalue weighted by atomic mass is 32.2. The van der Waals surface area contributed by atoms with Gasteiger partial charge in [-0.2, -0.15) is 8.42 Å². The summed E-state index contributed by atoms with van der Waals surface area (Å²) in [7, 11) is -4.31. The van der Waals surface area contributed by atoms with Gasteiger partial charge in [0, 0.05) is 0 Å². The van der Waals surface area contributed by atoms with E-state index in [-0.39, 0.29) is 0 Å². The molecule has 0 saturated carbocycles. The van der Waals surface area contributed by atoms with Crippen molar-refractivity contribution in [1.82, 2.24) is 0 Å². The van der Waals surface area contributed by atoms with Gasteiger partial charge in [-0.05, 0) is 0 Å². The molecule has 288 valence electrons. The number of hydrogen-bond acceptors (Lipinski definition) is 23. The normalized spacial score (nSPS) is 44.2. The van der Waals surface area contributed by atoms with E-state index in [1.807, 2.05) is 0 Å².